The van der Waals surface area contributed by atoms with E-state index < -0.39 is 17.3 Å². The highest BCUT2D eigenvalue weighted by molar-refractivity contribution is 5.68. The van der Waals surface area contributed by atoms with Crippen LogP contribution in [0.3, 0.4) is 0 Å². The highest BCUT2D eigenvalue weighted by atomic mass is 19.4. The summed E-state index contributed by atoms with van der Waals surface area (Å²) in [7, 11) is 0. The molecule has 0 saturated heterocycles. The molecule has 0 aromatic heterocycles. The van der Waals surface area contributed by atoms with E-state index in [4.69, 9.17) is 0 Å². The van der Waals surface area contributed by atoms with Crippen LogP contribution in [0.25, 0.3) is 0 Å². The quantitative estimate of drug-likeness (QED) is 0.692. The van der Waals surface area contributed by atoms with Crippen molar-refractivity contribution < 1.29 is 13.2 Å². The SMILES string of the molecule is FC(F)(F)C1(c2ccccc2)NC=NC1(c1ccccc1)c1ccccc1. The van der Waals surface area contributed by atoms with Crippen molar-refractivity contribution in [3.05, 3.63) is 108 Å². The van der Waals surface area contributed by atoms with Gasteiger partial charge in [0.1, 0.15) is 5.54 Å². The Morgan fingerprint density at radius 3 is 1.44 bits per heavy atom. The van der Waals surface area contributed by atoms with Crippen molar-refractivity contribution in [2.75, 3.05) is 0 Å². The monoisotopic (exact) mass is 366 g/mol. The maximum atomic E-state index is 14.8. The molecule has 1 heterocycles. The molecule has 3 aromatic carbocycles. The Morgan fingerprint density at radius 2 is 1.04 bits per heavy atom. The summed E-state index contributed by atoms with van der Waals surface area (Å²) in [6, 6.07) is 25.2. The van der Waals surface area contributed by atoms with Crippen LogP contribution in [0, 0.1) is 0 Å². The van der Waals surface area contributed by atoms with Gasteiger partial charge in [0.25, 0.3) is 0 Å². The normalized spacial score (nSPS) is 21.0. The van der Waals surface area contributed by atoms with Gasteiger partial charge in [0, 0.05) is 0 Å². The van der Waals surface area contributed by atoms with Crippen molar-refractivity contribution in [1.82, 2.24) is 5.32 Å². The van der Waals surface area contributed by atoms with E-state index in [1.807, 2.05) is 0 Å². The van der Waals surface area contributed by atoms with E-state index in [1.165, 1.54) is 18.5 Å². The number of alkyl halides is 3. The van der Waals surface area contributed by atoms with Crippen LogP contribution in [0.5, 0.6) is 0 Å². The molecule has 0 radical (unpaired) electrons. The minimum absolute atomic E-state index is 0.114. The van der Waals surface area contributed by atoms with Gasteiger partial charge in [-0.1, -0.05) is 91.0 Å². The van der Waals surface area contributed by atoms with E-state index in [2.05, 4.69) is 10.3 Å². The predicted molar refractivity (Wildman–Crippen MR) is 99.5 cm³/mol. The highest BCUT2D eigenvalue weighted by Crippen LogP contribution is 2.57. The van der Waals surface area contributed by atoms with Gasteiger partial charge in [-0.2, -0.15) is 13.2 Å². The first-order chi connectivity index (χ1) is 13.0. The zero-order valence-electron chi connectivity index (χ0n) is 14.3. The Morgan fingerprint density at radius 1 is 0.630 bits per heavy atom. The van der Waals surface area contributed by atoms with Gasteiger partial charge in [0.15, 0.2) is 5.54 Å². The summed E-state index contributed by atoms with van der Waals surface area (Å²) in [5, 5.41) is 2.60. The largest absolute Gasteiger partial charge is 0.418 e. The molecule has 1 aliphatic rings. The Hall–Kier alpha value is -3.08. The molecular formula is C22H17F3N2. The number of nitrogens with one attached hydrogen (secondary N) is 1. The molecule has 1 N–H and O–H groups in total. The van der Waals surface area contributed by atoms with Gasteiger partial charge in [-0.3, -0.25) is 4.99 Å². The fraction of sp³-hybridized carbons (Fsp3) is 0.136. The van der Waals surface area contributed by atoms with Gasteiger partial charge in [0.2, 0.25) is 0 Å². The smallest absolute Gasteiger partial charge is 0.356 e. The number of aliphatic imine (C=N–C) groups is 1. The molecule has 4 rings (SSSR count). The van der Waals surface area contributed by atoms with Crippen molar-refractivity contribution in [3.63, 3.8) is 0 Å². The molecule has 1 aliphatic heterocycles. The van der Waals surface area contributed by atoms with Crippen LogP contribution in [0.2, 0.25) is 0 Å². The third-order valence-corrected chi connectivity index (χ3v) is 5.10. The fourth-order valence-corrected chi connectivity index (χ4v) is 3.97. The Bertz CT molecular complexity index is 898. The Balaban J connectivity index is 2.12. The summed E-state index contributed by atoms with van der Waals surface area (Å²) in [6.07, 6.45) is -3.43. The predicted octanol–water partition coefficient (Wildman–Crippen LogP) is 5.02. The van der Waals surface area contributed by atoms with Crippen LogP contribution in [-0.4, -0.2) is 12.5 Å². The van der Waals surface area contributed by atoms with Gasteiger partial charge in [0.05, 0.1) is 6.34 Å². The minimum Gasteiger partial charge on any atom is -0.356 e. The van der Waals surface area contributed by atoms with Gasteiger partial charge in [-0.05, 0) is 16.7 Å². The maximum Gasteiger partial charge on any atom is 0.418 e. The molecule has 1 atom stereocenters. The summed E-state index contributed by atoms with van der Waals surface area (Å²) in [4.78, 5) is 4.45. The average Bonchev–Trinajstić information content (AvgIpc) is 3.12. The molecule has 5 heteroatoms. The van der Waals surface area contributed by atoms with E-state index in [1.54, 1.807) is 78.9 Å². The molecular weight excluding hydrogens is 349 g/mol. The zero-order chi connectivity index (χ0) is 19.0. The lowest BCUT2D eigenvalue weighted by Crippen LogP contribution is -2.62. The summed E-state index contributed by atoms with van der Waals surface area (Å²) in [6.45, 7) is 0. The molecule has 2 nitrogen and oxygen atoms in total. The number of halogens is 3. The molecule has 1 unspecified atom stereocenters. The fourth-order valence-electron chi connectivity index (χ4n) is 3.97. The lowest BCUT2D eigenvalue weighted by atomic mass is 9.65. The number of nitrogens with zero attached hydrogens (tertiary/aromatic N) is 1. The molecule has 0 amide bonds. The standard InChI is InChI=1S/C22H17F3N2/c23-22(24,25)21(19-14-8-3-9-15-19)20(26-16-27-21,17-10-4-1-5-11-17)18-12-6-2-7-13-18/h1-16H,(H,26,27). The van der Waals surface area contributed by atoms with Gasteiger partial charge < -0.3 is 5.32 Å². The van der Waals surface area contributed by atoms with Gasteiger partial charge in [-0.25, -0.2) is 0 Å². The molecule has 136 valence electrons. The highest BCUT2D eigenvalue weighted by Gasteiger charge is 2.71. The first-order valence-electron chi connectivity index (χ1n) is 8.57. The van der Waals surface area contributed by atoms with E-state index in [0.29, 0.717) is 11.1 Å². The van der Waals surface area contributed by atoms with Crippen molar-refractivity contribution in [2.45, 2.75) is 17.3 Å². The molecule has 0 saturated carbocycles. The first kappa shape index (κ1) is 17.3. The third kappa shape index (κ3) is 2.38. The summed E-state index contributed by atoms with van der Waals surface area (Å²) in [5.41, 5.74) is -3.06. The van der Waals surface area contributed by atoms with Crippen molar-refractivity contribution in [3.8, 4) is 0 Å². The third-order valence-electron chi connectivity index (χ3n) is 5.10. The van der Waals surface area contributed by atoms with Crippen LogP contribution >= 0.6 is 0 Å². The number of rotatable bonds is 3. The second-order valence-electron chi connectivity index (χ2n) is 6.46. The molecule has 0 spiro atoms. The van der Waals surface area contributed by atoms with Crippen LogP contribution in [0.1, 0.15) is 16.7 Å². The number of hydrogen-bond donors (Lipinski definition) is 1. The van der Waals surface area contributed by atoms with Gasteiger partial charge in [-0.15, -0.1) is 0 Å². The van der Waals surface area contributed by atoms with E-state index in [0.717, 1.165) is 0 Å². The molecule has 0 bridgehead atoms. The van der Waals surface area contributed by atoms with Crippen LogP contribution in [0.4, 0.5) is 13.2 Å². The van der Waals surface area contributed by atoms with Crippen molar-refractivity contribution in [1.29, 1.82) is 0 Å². The Kier molecular flexibility index (Phi) is 4.02. The lowest BCUT2D eigenvalue weighted by molar-refractivity contribution is -0.209. The zero-order valence-corrected chi connectivity index (χ0v) is 14.3. The van der Waals surface area contributed by atoms with Gasteiger partial charge >= 0.3 is 6.18 Å². The van der Waals surface area contributed by atoms with E-state index in [-0.39, 0.29) is 5.56 Å². The second kappa shape index (κ2) is 6.27. The van der Waals surface area contributed by atoms with E-state index >= 15 is 0 Å². The lowest BCUT2D eigenvalue weighted by Gasteiger charge is -2.46. The average molecular weight is 366 g/mol. The topological polar surface area (TPSA) is 24.4 Å². The number of benzene rings is 3. The number of hydrogen-bond acceptors (Lipinski definition) is 2. The van der Waals surface area contributed by atoms with Crippen molar-refractivity contribution in [2.24, 2.45) is 4.99 Å². The molecule has 27 heavy (non-hydrogen) atoms. The second-order valence-corrected chi connectivity index (χ2v) is 6.46. The molecule has 0 fully saturated rings. The molecule has 0 aliphatic carbocycles. The maximum absolute atomic E-state index is 14.8. The van der Waals surface area contributed by atoms with Crippen molar-refractivity contribution >= 4 is 6.34 Å². The van der Waals surface area contributed by atoms with Crippen LogP contribution in [0.15, 0.2) is 96.0 Å². The van der Waals surface area contributed by atoms with E-state index in [9.17, 15) is 13.2 Å². The summed E-state index contributed by atoms with van der Waals surface area (Å²) in [5.74, 6) is 0. The summed E-state index contributed by atoms with van der Waals surface area (Å²) >= 11 is 0. The first-order valence-corrected chi connectivity index (χ1v) is 8.57. The Labute approximate surface area is 155 Å². The van der Waals surface area contributed by atoms with Crippen LogP contribution < -0.4 is 5.32 Å². The minimum atomic E-state index is -4.61. The summed E-state index contributed by atoms with van der Waals surface area (Å²) < 4.78 is 44.5. The van der Waals surface area contributed by atoms with Crippen LogP contribution in [-0.2, 0) is 11.1 Å². The molecule has 3 aromatic rings.